The van der Waals surface area contributed by atoms with Crippen molar-refractivity contribution in [3.05, 3.63) is 52.0 Å². The largest absolute Gasteiger partial charge is 0.331 e. The van der Waals surface area contributed by atoms with Crippen molar-refractivity contribution in [1.29, 1.82) is 0 Å². The lowest BCUT2D eigenvalue weighted by Crippen LogP contribution is -2.37. The Balaban J connectivity index is 1.25. The van der Waals surface area contributed by atoms with Crippen LogP contribution in [0.15, 0.2) is 30.3 Å². The number of hydrogen-bond donors (Lipinski definition) is 1. The number of nitrogens with one attached hydrogen (secondary N) is 1. The molecule has 4 rings (SSSR count). The molecule has 2 aromatic rings. The van der Waals surface area contributed by atoms with Crippen molar-refractivity contribution in [2.24, 2.45) is 11.8 Å². The first-order valence-electron chi connectivity index (χ1n) is 9.87. The van der Waals surface area contributed by atoms with Gasteiger partial charge in [-0.1, -0.05) is 41.9 Å². The third-order valence-electron chi connectivity index (χ3n) is 6.25. The van der Waals surface area contributed by atoms with Crippen molar-refractivity contribution in [2.45, 2.75) is 51.0 Å². The van der Waals surface area contributed by atoms with Crippen molar-refractivity contribution >= 4 is 23.2 Å². The van der Waals surface area contributed by atoms with Crippen LogP contribution < -0.4 is 0 Å². The minimum absolute atomic E-state index is 0.392. The van der Waals surface area contributed by atoms with Crippen LogP contribution in [0.4, 0.5) is 0 Å². The van der Waals surface area contributed by atoms with Gasteiger partial charge in [0, 0.05) is 6.04 Å². The first-order valence-corrected chi connectivity index (χ1v) is 10.6. The van der Waals surface area contributed by atoms with Crippen molar-refractivity contribution in [3.63, 3.8) is 0 Å². The number of halogens is 2. The van der Waals surface area contributed by atoms with Gasteiger partial charge in [-0.05, 0) is 87.0 Å². The maximum Gasteiger partial charge on any atom is 0.201 e. The van der Waals surface area contributed by atoms with Crippen LogP contribution >= 0.6 is 23.2 Å². The fraction of sp³-hybridized carbons (Fsp3) is 0.571. The molecule has 3 nitrogen and oxygen atoms in total. The van der Waals surface area contributed by atoms with Gasteiger partial charge in [0.15, 0.2) is 5.15 Å². The third kappa shape index (κ3) is 4.27. The van der Waals surface area contributed by atoms with Gasteiger partial charge in [-0.25, -0.2) is 4.98 Å². The zero-order valence-corrected chi connectivity index (χ0v) is 16.6. The minimum atomic E-state index is 0.392. The second-order valence-corrected chi connectivity index (χ2v) is 8.64. The Labute approximate surface area is 166 Å². The molecule has 0 radical (unpaired) electrons. The van der Waals surface area contributed by atoms with E-state index in [0.717, 1.165) is 43.0 Å². The minimum Gasteiger partial charge on any atom is -0.331 e. The Morgan fingerprint density at radius 1 is 1.12 bits per heavy atom. The molecular weight excluding hydrogens is 365 g/mol. The van der Waals surface area contributed by atoms with Crippen molar-refractivity contribution < 1.29 is 0 Å². The summed E-state index contributed by atoms with van der Waals surface area (Å²) < 4.78 is 0. The number of H-pyrrole nitrogens is 1. The molecule has 5 heteroatoms. The van der Waals surface area contributed by atoms with E-state index in [9.17, 15) is 0 Å². The molecule has 3 unspecified atom stereocenters. The number of aromatic amines is 1. The number of fused-ring (bicyclic) bond motifs is 1. The number of aryl methyl sites for hydroxylation is 1. The van der Waals surface area contributed by atoms with Crippen LogP contribution in [0.1, 0.15) is 43.4 Å². The summed E-state index contributed by atoms with van der Waals surface area (Å²) in [6.45, 7) is 2.41. The molecule has 1 saturated carbocycles. The smallest absolute Gasteiger partial charge is 0.201 e. The SMILES string of the molecule is Clc1nc(Cl)c(CCCN2CCC3CC(Cc4ccccc4)CCC32)[nH]1. The lowest BCUT2D eigenvalue weighted by Gasteiger charge is -2.36. The lowest BCUT2D eigenvalue weighted by atomic mass is 9.76. The standard InChI is InChI=1S/C21H27Cl2N3/c22-20-18(24-21(23)25-20)7-4-11-26-12-10-17-14-16(8-9-19(17)26)13-15-5-2-1-3-6-15/h1-3,5-6,16-17,19H,4,7-14H2,(H,24,25). The molecule has 0 spiro atoms. The molecular formula is C21H27Cl2N3. The zero-order chi connectivity index (χ0) is 17.9. The summed E-state index contributed by atoms with van der Waals surface area (Å²) in [4.78, 5) is 9.81. The van der Waals surface area contributed by atoms with Gasteiger partial charge in [-0.15, -0.1) is 0 Å². The van der Waals surface area contributed by atoms with Gasteiger partial charge in [0.25, 0.3) is 0 Å². The topological polar surface area (TPSA) is 31.9 Å². The Morgan fingerprint density at radius 2 is 1.96 bits per heavy atom. The number of likely N-dealkylation sites (tertiary alicyclic amines) is 1. The lowest BCUT2D eigenvalue weighted by molar-refractivity contribution is 0.150. The molecule has 3 atom stereocenters. The Bertz CT molecular complexity index is 715. The molecule has 1 N–H and O–H groups in total. The average molecular weight is 392 g/mol. The van der Waals surface area contributed by atoms with E-state index in [2.05, 4.69) is 45.2 Å². The predicted molar refractivity (Wildman–Crippen MR) is 108 cm³/mol. The van der Waals surface area contributed by atoms with Crippen LogP contribution in [0.2, 0.25) is 10.4 Å². The quantitative estimate of drug-likeness (QED) is 0.716. The fourth-order valence-electron chi connectivity index (χ4n) is 5.03. The Hall–Kier alpha value is -1.03. The maximum atomic E-state index is 6.09. The van der Waals surface area contributed by atoms with E-state index >= 15 is 0 Å². The summed E-state index contributed by atoms with van der Waals surface area (Å²) in [6.07, 6.45) is 8.78. The van der Waals surface area contributed by atoms with E-state index in [-0.39, 0.29) is 0 Å². The van der Waals surface area contributed by atoms with E-state index in [1.54, 1.807) is 0 Å². The van der Waals surface area contributed by atoms with E-state index in [0.29, 0.717) is 10.4 Å². The molecule has 26 heavy (non-hydrogen) atoms. The third-order valence-corrected chi connectivity index (χ3v) is 6.74. The summed E-state index contributed by atoms with van der Waals surface area (Å²) in [6, 6.07) is 11.8. The molecule has 2 heterocycles. The number of hydrogen-bond acceptors (Lipinski definition) is 2. The summed E-state index contributed by atoms with van der Waals surface area (Å²) in [5.74, 6) is 1.76. The van der Waals surface area contributed by atoms with Gasteiger partial charge in [0.05, 0.1) is 5.69 Å². The van der Waals surface area contributed by atoms with Crippen molar-refractivity contribution in [1.82, 2.24) is 14.9 Å². The molecule has 1 saturated heterocycles. The molecule has 0 bridgehead atoms. The fourth-order valence-corrected chi connectivity index (χ4v) is 5.49. The number of nitrogens with zero attached hydrogens (tertiary/aromatic N) is 2. The van der Waals surface area contributed by atoms with Gasteiger partial charge in [-0.2, -0.15) is 0 Å². The van der Waals surface area contributed by atoms with Crippen LogP contribution in [0.5, 0.6) is 0 Å². The molecule has 1 aromatic carbocycles. The van der Waals surface area contributed by atoms with Gasteiger partial charge >= 0.3 is 0 Å². The van der Waals surface area contributed by atoms with Crippen molar-refractivity contribution in [2.75, 3.05) is 13.1 Å². The average Bonchev–Trinajstić information content (AvgIpc) is 3.18. The van der Waals surface area contributed by atoms with E-state index in [4.69, 9.17) is 23.2 Å². The molecule has 1 aromatic heterocycles. The Morgan fingerprint density at radius 3 is 2.73 bits per heavy atom. The highest BCUT2D eigenvalue weighted by atomic mass is 35.5. The molecule has 1 aliphatic heterocycles. The number of rotatable bonds is 6. The zero-order valence-electron chi connectivity index (χ0n) is 15.1. The predicted octanol–water partition coefficient (Wildman–Crippen LogP) is 5.38. The highest BCUT2D eigenvalue weighted by Gasteiger charge is 2.38. The summed E-state index contributed by atoms with van der Waals surface area (Å²) in [5, 5.41) is 0.915. The first kappa shape index (κ1) is 18.3. The highest BCUT2D eigenvalue weighted by Crippen LogP contribution is 2.40. The summed E-state index contributed by atoms with van der Waals surface area (Å²) in [5.41, 5.74) is 2.47. The molecule has 1 aliphatic carbocycles. The summed E-state index contributed by atoms with van der Waals surface area (Å²) >= 11 is 12.0. The molecule has 140 valence electrons. The van der Waals surface area contributed by atoms with Crippen LogP contribution in [0.3, 0.4) is 0 Å². The second kappa shape index (κ2) is 8.33. The molecule has 2 fully saturated rings. The normalized spacial score (nSPS) is 26.2. The van der Waals surface area contributed by atoms with Crippen LogP contribution in [0, 0.1) is 11.8 Å². The number of aromatic nitrogens is 2. The highest BCUT2D eigenvalue weighted by molar-refractivity contribution is 6.32. The Kier molecular flexibility index (Phi) is 5.87. The van der Waals surface area contributed by atoms with E-state index in [1.165, 1.54) is 44.2 Å². The maximum absolute atomic E-state index is 6.09. The van der Waals surface area contributed by atoms with Gasteiger partial charge < -0.3 is 9.88 Å². The monoisotopic (exact) mass is 391 g/mol. The van der Waals surface area contributed by atoms with Gasteiger partial charge in [0.1, 0.15) is 0 Å². The van der Waals surface area contributed by atoms with E-state index in [1.807, 2.05) is 0 Å². The van der Waals surface area contributed by atoms with Crippen LogP contribution in [-0.2, 0) is 12.8 Å². The van der Waals surface area contributed by atoms with E-state index < -0.39 is 0 Å². The number of imidazole rings is 1. The molecule has 0 amide bonds. The second-order valence-electron chi connectivity index (χ2n) is 7.92. The first-order chi connectivity index (χ1) is 12.7. The summed E-state index contributed by atoms with van der Waals surface area (Å²) in [7, 11) is 0. The van der Waals surface area contributed by atoms with Gasteiger partial charge in [-0.3, -0.25) is 0 Å². The van der Waals surface area contributed by atoms with Gasteiger partial charge in [0.2, 0.25) is 5.28 Å². The van der Waals surface area contributed by atoms with Crippen LogP contribution in [0.25, 0.3) is 0 Å². The molecule has 2 aliphatic rings. The number of benzene rings is 1. The van der Waals surface area contributed by atoms with Crippen LogP contribution in [-0.4, -0.2) is 34.0 Å². The van der Waals surface area contributed by atoms with Crippen molar-refractivity contribution in [3.8, 4) is 0 Å².